The minimum Gasteiger partial charge on any atom is -0.325 e. The lowest BCUT2D eigenvalue weighted by Gasteiger charge is -2.33. The summed E-state index contributed by atoms with van der Waals surface area (Å²) in [6.07, 6.45) is 3.28. The Labute approximate surface area is 176 Å². The number of carbonyl (C=O) groups is 3. The van der Waals surface area contributed by atoms with Crippen LogP contribution in [0.3, 0.4) is 0 Å². The summed E-state index contributed by atoms with van der Waals surface area (Å²) in [5.74, 6) is -0.284. The first-order valence-electron chi connectivity index (χ1n) is 10.6. The highest BCUT2D eigenvalue weighted by atomic mass is 16.2. The largest absolute Gasteiger partial charge is 0.325 e. The van der Waals surface area contributed by atoms with Crippen molar-refractivity contribution in [2.24, 2.45) is 0 Å². The zero-order valence-corrected chi connectivity index (χ0v) is 17.4. The number of imide groups is 1. The van der Waals surface area contributed by atoms with Gasteiger partial charge >= 0.3 is 6.03 Å². The van der Waals surface area contributed by atoms with Crippen LogP contribution in [0.1, 0.15) is 55.7 Å². The topological polar surface area (TPSA) is 78.5 Å². The van der Waals surface area contributed by atoms with Gasteiger partial charge in [0, 0.05) is 5.69 Å². The van der Waals surface area contributed by atoms with E-state index in [2.05, 4.69) is 24.5 Å². The third kappa shape index (κ3) is 3.47. The molecule has 156 valence electrons. The first-order chi connectivity index (χ1) is 14.4. The Morgan fingerprint density at radius 1 is 1.17 bits per heavy atom. The van der Waals surface area contributed by atoms with Gasteiger partial charge < -0.3 is 10.6 Å². The van der Waals surface area contributed by atoms with E-state index < -0.39 is 17.5 Å². The average molecular weight is 405 g/mol. The highest BCUT2D eigenvalue weighted by Crippen LogP contribution is 2.39. The SMILES string of the molecule is CC[C@H](C)c1ccc(NC(=O)CN2C(=O)N[C@]3(CCCc4ccccc43)C2=O)cc1. The van der Waals surface area contributed by atoms with Crippen molar-refractivity contribution in [1.29, 1.82) is 0 Å². The smallest absolute Gasteiger partial charge is 0.325 e. The van der Waals surface area contributed by atoms with E-state index in [4.69, 9.17) is 0 Å². The van der Waals surface area contributed by atoms with E-state index in [0.29, 0.717) is 18.0 Å². The maximum absolute atomic E-state index is 13.3. The van der Waals surface area contributed by atoms with E-state index >= 15 is 0 Å². The van der Waals surface area contributed by atoms with Gasteiger partial charge in [0.05, 0.1) is 0 Å². The molecule has 1 aliphatic heterocycles. The Bertz CT molecular complexity index is 985. The van der Waals surface area contributed by atoms with Gasteiger partial charge in [0.25, 0.3) is 5.91 Å². The second kappa shape index (κ2) is 7.94. The van der Waals surface area contributed by atoms with Crippen LogP contribution in [0.4, 0.5) is 10.5 Å². The standard InChI is InChI=1S/C24H27N3O3/c1-3-16(2)17-10-12-19(13-11-17)25-21(28)15-27-22(29)24(26-23(27)30)14-6-8-18-7-4-5-9-20(18)24/h4-5,7,9-13,16H,3,6,8,14-15H2,1-2H3,(H,25,28)(H,26,30)/t16-,24-/m0/s1. The molecule has 2 aromatic carbocycles. The molecule has 1 saturated heterocycles. The van der Waals surface area contributed by atoms with Crippen LogP contribution in [0.25, 0.3) is 0 Å². The van der Waals surface area contributed by atoms with Crippen LogP contribution in [0.2, 0.25) is 0 Å². The van der Waals surface area contributed by atoms with Gasteiger partial charge in [-0.15, -0.1) is 0 Å². The van der Waals surface area contributed by atoms with Gasteiger partial charge in [-0.25, -0.2) is 4.79 Å². The van der Waals surface area contributed by atoms with Crippen molar-refractivity contribution in [1.82, 2.24) is 10.2 Å². The normalized spacial score (nSPS) is 21.3. The predicted molar refractivity (Wildman–Crippen MR) is 115 cm³/mol. The molecule has 2 aliphatic rings. The fourth-order valence-corrected chi connectivity index (χ4v) is 4.43. The van der Waals surface area contributed by atoms with Gasteiger partial charge in [-0.2, -0.15) is 0 Å². The molecule has 0 unspecified atom stereocenters. The number of benzene rings is 2. The minimum atomic E-state index is -1.05. The number of aryl methyl sites for hydroxylation is 1. The van der Waals surface area contributed by atoms with E-state index in [1.807, 2.05) is 48.5 Å². The molecule has 0 saturated carbocycles. The number of nitrogens with one attached hydrogen (secondary N) is 2. The van der Waals surface area contributed by atoms with Crippen LogP contribution < -0.4 is 10.6 Å². The summed E-state index contributed by atoms with van der Waals surface area (Å²) in [5.41, 5.74) is 2.73. The van der Waals surface area contributed by atoms with E-state index in [-0.39, 0.29) is 12.5 Å². The van der Waals surface area contributed by atoms with Crippen LogP contribution in [-0.4, -0.2) is 29.3 Å². The molecule has 4 amide bonds. The molecular weight excluding hydrogens is 378 g/mol. The van der Waals surface area contributed by atoms with Gasteiger partial charge in [0.1, 0.15) is 12.1 Å². The Kier molecular flexibility index (Phi) is 5.33. The van der Waals surface area contributed by atoms with Crippen LogP contribution in [-0.2, 0) is 21.5 Å². The van der Waals surface area contributed by atoms with Crippen molar-refractivity contribution in [3.63, 3.8) is 0 Å². The molecule has 2 aromatic rings. The highest BCUT2D eigenvalue weighted by Gasteiger charge is 2.54. The lowest BCUT2D eigenvalue weighted by atomic mass is 9.76. The van der Waals surface area contributed by atoms with Crippen LogP contribution in [0.5, 0.6) is 0 Å². The van der Waals surface area contributed by atoms with Crippen molar-refractivity contribution in [2.75, 3.05) is 11.9 Å². The third-order valence-electron chi connectivity index (χ3n) is 6.33. The molecule has 0 aromatic heterocycles. The number of fused-ring (bicyclic) bond motifs is 2. The molecule has 2 N–H and O–H groups in total. The second-order valence-electron chi connectivity index (χ2n) is 8.22. The number of anilines is 1. The highest BCUT2D eigenvalue weighted by molar-refractivity contribution is 6.10. The second-order valence-corrected chi connectivity index (χ2v) is 8.22. The number of urea groups is 1. The molecule has 6 heteroatoms. The van der Waals surface area contributed by atoms with E-state index in [1.54, 1.807) is 0 Å². The molecule has 1 aliphatic carbocycles. The van der Waals surface area contributed by atoms with Crippen molar-refractivity contribution in [3.8, 4) is 0 Å². The fourth-order valence-electron chi connectivity index (χ4n) is 4.43. The molecule has 4 rings (SSSR count). The maximum atomic E-state index is 13.3. The predicted octanol–water partition coefficient (Wildman–Crippen LogP) is 3.92. The number of amides is 4. The summed E-state index contributed by atoms with van der Waals surface area (Å²) >= 11 is 0. The number of hydrogen-bond donors (Lipinski definition) is 2. The number of hydrogen-bond acceptors (Lipinski definition) is 3. The van der Waals surface area contributed by atoms with E-state index in [9.17, 15) is 14.4 Å². The van der Waals surface area contributed by atoms with Crippen LogP contribution in [0, 0.1) is 0 Å². The average Bonchev–Trinajstić information content (AvgIpc) is 2.98. The molecule has 6 nitrogen and oxygen atoms in total. The summed E-state index contributed by atoms with van der Waals surface area (Å²) in [5, 5.41) is 5.67. The summed E-state index contributed by atoms with van der Waals surface area (Å²) < 4.78 is 0. The van der Waals surface area contributed by atoms with Gasteiger partial charge in [-0.05, 0) is 60.4 Å². The number of carbonyl (C=O) groups excluding carboxylic acids is 3. The van der Waals surface area contributed by atoms with Gasteiger partial charge in [0.15, 0.2) is 0 Å². The van der Waals surface area contributed by atoms with Crippen molar-refractivity contribution >= 4 is 23.5 Å². The number of rotatable bonds is 5. The van der Waals surface area contributed by atoms with Gasteiger partial charge in [-0.1, -0.05) is 50.2 Å². The quantitative estimate of drug-likeness (QED) is 0.740. The van der Waals surface area contributed by atoms with E-state index in [0.717, 1.165) is 35.3 Å². The first-order valence-corrected chi connectivity index (χ1v) is 10.6. The summed E-state index contributed by atoms with van der Waals surface area (Å²) in [4.78, 5) is 39.5. The Morgan fingerprint density at radius 2 is 1.90 bits per heavy atom. The molecule has 0 bridgehead atoms. The van der Waals surface area contributed by atoms with Crippen LogP contribution >= 0.6 is 0 Å². The molecular formula is C24H27N3O3. The molecule has 1 spiro atoms. The Balaban J connectivity index is 1.47. The zero-order chi connectivity index (χ0) is 21.3. The maximum Gasteiger partial charge on any atom is 0.325 e. The van der Waals surface area contributed by atoms with E-state index in [1.165, 1.54) is 5.56 Å². The molecule has 0 radical (unpaired) electrons. The van der Waals surface area contributed by atoms with Crippen LogP contribution in [0.15, 0.2) is 48.5 Å². The van der Waals surface area contributed by atoms with Gasteiger partial charge in [0.2, 0.25) is 5.91 Å². The Hall–Kier alpha value is -3.15. The van der Waals surface area contributed by atoms with Crippen molar-refractivity contribution < 1.29 is 14.4 Å². The summed E-state index contributed by atoms with van der Waals surface area (Å²) in [7, 11) is 0. The summed E-state index contributed by atoms with van der Waals surface area (Å²) in [6.45, 7) is 3.99. The van der Waals surface area contributed by atoms with Crippen molar-refractivity contribution in [2.45, 2.75) is 51.0 Å². The minimum absolute atomic E-state index is 0.304. The first kappa shape index (κ1) is 20.1. The molecule has 1 heterocycles. The molecule has 30 heavy (non-hydrogen) atoms. The number of nitrogens with zero attached hydrogens (tertiary/aromatic N) is 1. The third-order valence-corrected chi connectivity index (χ3v) is 6.33. The summed E-state index contributed by atoms with van der Waals surface area (Å²) in [6, 6.07) is 14.9. The van der Waals surface area contributed by atoms with Crippen molar-refractivity contribution in [3.05, 3.63) is 65.2 Å². The fraction of sp³-hybridized carbons (Fsp3) is 0.375. The lowest BCUT2D eigenvalue weighted by molar-refractivity contribution is -0.134. The zero-order valence-electron chi connectivity index (χ0n) is 17.4. The van der Waals surface area contributed by atoms with Gasteiger partial charge in [-0.3, -0.25) is 14.5 Å². The lowest BCUT2D eigenvalue weighted by Crippen LogP contribution is -2.47. The molecule has 1 fully saturated rings. The molecule has 2 atom stereocenters. The Morgan fingerprint density at radius 3 is 2.63 bits per heavy atom. The monoisotopic (exact) mass is 405 g/mol.